The van der Waals surface area contributed by atoms with Crippen LogP contribution in [0, 0.1) is 0 Å². The maximum atomic E-state index is 11.7. The number of aromatic nitrogens is 2. The smallest absolute Gasteiger partial charge is 0.362 e. The summed E-state index contributed by atoms with van der Waals surface area (Å²) < 4.78 is 16.2. The standard InChI is InChI=1S/C8H13N2O6P/c1-2-3-10-7(11)6(4-9-8(10)12)16-5-17(13,14)15/h4H,2-3,5H2,1H3,(H,9,12)(H2,13,14,15). The van der Waals surface area contributed by atoms with Gasteiger partial charge in [0.2, 0.25) is 5.75 Å². The monoisotopic (exact) mass is 264 g/mol. The van der Waals surface area contributed by atoms with Gasteiger partial charge < -0.3 is 19.5 Å². The van der Waals surface area contributed by atoms with Crippen LogP contribution in [0.1, 0.15) is 13.3 Å². The summed E-state index contributed by atoms with van der Waals surface area (Å²) in [6.07, 6.45) is 0.665. The van der Waals surface area contributed by atoms with E-state index in [9.17, 15) is 14.2 Å². The zero-order chi connectivity index (χ0) is 13.1. The summed E-state index contributed by atoms with van der Waals surface area (Å²) in [5.41, 5.74) is -1.29. The molecule has 0 saturated carbocycles. The molecule has 0 amide bonds. The first-order valence-electron chi connectivity index (χ1n) is 4.85. The van der Waals surface area contributed by atoms with Crippen LogP contribution in [0.15, 0.2) is 15.8 Å². The molecule has 1 aromatic heterocycles. The molecular weight excluding hydrogens is 251 g/mol. The normalized spacial score (nSPS) is 11.5. The largest absolute Gasteiger partial charge is 0.474 e. The Kier molecular flexibility index (Phi) is 4.28. The van der Waals surface area contributed by atoms with Crippen LogP contribution < -0.4 is 16.0 Å². The molecule has 0 bridgehead atoms. The van der Waals surface area contributed by atoms with Crippen LogP contribution in [0.3, 0.4) is 0 Å². The van der Waals surface area contributed by atoms with Crippen LogP contribution in [0.5, 0.6) is 5.75 Å². The van der Waals surface area contributed by atoms with Crippen molar-refractivity contribution >= 4 is 7.60 Å². The fourth-order valence-corrected chi connectivity index (χ4v) is 1.48. The van der Waals surface area contributed by atoms with Crippen molar-refractivity contribution in [3.05, 3.63) is 27.0 Å². The summed E-state index contributed by atoms with van der Waals surface area (Å²) in [4.78, 5) is 42.4. The fourth-order valence-electron chi connectivity index (χ4n) is 1.18. The fraction of sp³-hybridized carbons (Fsp3) is 0.500. The minimum atomic E-state index is -4.36. The first kappa shape index (κ1) is 13.7. The van der Waals surface area contributed by atoms with Crippen LogP contribution >= 0.6 is 7.60 Å². The second kappa shape index (κ2) is 5.31. The van der Waals surface area contributed by atoms with Crippen LogP contribution in [-0.4, -0.2) is 25.7 Å². The number of rotatable bonds is 5. The Morgan fingerprint density at radius 3 is 2.65 bits per heavy atom. The molecule has 0 aliphatic carbocycles. The minimum Gasteiger partial charge on any atom is -0.474 e. The van der Waals surface area contributed by atoms with Gasteiger partial charge in [-0.15, -0.1) is 0 Å². The van der Waals surface area contributed by atoms with E-state index in [1.165, 1.54) is 0 Å². The van der Waals surface area contributed by atoms with Crippen LogP contribution in [0.4, 0.5) is 0 Å². The molecule has 96 valence electrons. The number of nitrogens with zero attached hydrogens (tertiary/aromatic N) is 1. The molecule has 3 N–H and O–H groups in total. The van der Waals surface area contributed by atoms with Crippen molar-refractivity contribution in [2.45, 2.75) is 19.9 Å². The third-order valence-corrected chi connectivity index (χ3v) is 2.33. The molecule has 0 radical (unpaired) electrons. The zero-order valence-electron chi connectivity index (χ0n) is 9.12. The van der Waals surface area contributed by atoms with Crippen molar-refractivity contribution in [2.75, 3.05) is 6.35 Å². The Morgan fingerprint density at radius 1 is 1.47 bits per heavy atom. The van der Waals surface area contributed by atoms with E-state index in [1.807, 2.05) is 0 Å². The van der Waals surface area contributed by atoms with Gasteiger partial charge in [0, 0.05) is 6.54 Å². The number of H-pyrrole nitrogens is 1. The molecule has 0 aromatic carbocycles. The third-order valence-electron chi connectivity index (χ3n) is 1.86. The SMILES string of the molecule is CCCn1c(=O)[nH]cc(OCP(=O)(O)O)c1=O. The van der Waals surface area contributed by atoms with E-state index in [4.69, 9.17) is 9.79 Å². The van der Waals surface area contributed by atoms with E-state index in [0.717, 1.165) is 10.8 Å². The van der Waals surface area contributed by atoms with E-state index in [2.05, 4.69) is 9.72 Å². The molecule has 0 saturated heterocycles. The lowest BCUT2D eigenvalue weighted by molar-refractivity contribution is 0.295. The van der Waals surface area contributed by atoms with E-state index in [1.54, 1.807) is 6.92 Å². The Morgan fingerprint density at radius 2 is 2.12 bits per heavy atom. The molecular formula is C8H13N2O6P. The van der Waals surface area contributed by atoms with Gasteiger partial charge in [0.05, 0.1) is 6.20 Å². The van der Waals surface area contributed by atoms with Crippen molar-refractivity contribution in [1.82, 2.24) is 9.55 Å². The van der Waals surface area contributed by atoms with Crippen LogP contribution in [0.2, 0.25) is 0 Å². The Labute approximate surface area is 96.0 Å². The van der Waals surface area contributed by atoms with Gasteiger partial charge in [-0.2, -0.15) is 0 Å². The van der Waals surface area contributed by atoms with E-state index in [-0.39, 0.29) is 12.3 Å². The molecule has 1 aromatic rings. The van der Waals surface area contributed by atoms with Crippen LogP contribution in [0.25, 0.3) is 0 Å². The van der Waals surface area contributed by atoms with Gasteiger partial charge in [-0.1, -0.05) is 6.92 Å². The average molecular weight is 264 g/mol. The highest BCUT2D eigenvalue weighted by Crippen LogP contribution is 2.33. The Balaban J connectivity index is 3.03. The second-order valence-electron chi connectivity index (χ2n) is 3.35. The van der Waals surface area contributed by atoms with Crippen LogP contribution in [-0.2, 0) is 11.1 Å². The number of ether oxygens (including phenoxy) is 1. The molecule has 0 aliphatic rings. The maximum Gasteiger partial charge on any atom is 0.362 e. The molecule has 0 aliphatic heterocycles. The summed E-state index contributed by atoms with van der Waals surface area (Å²) in [5.74, 6) is -0.290. The first-order valence-corrected chi connectivity index (χ1v) is 6.65. The Bertz CT molecular complexity index is 542. The van der Waals surface area contributed by atoms with Crippen molar-refractivity contribution < 1.29 is 19.1 Å². The molecule has 1 heterocycles. The highest BCUT2D eigenvalue weighted by Gasteiger charge is 2.16. The van der Waals surface area contributed by atoms with Gasteiger partial charge in [-0.25, -0.2) is 4.79 Å². The summed E-state index contributed by atoms with van der Waals surface area (Å²) in [5, 5.41) is 0. The van der Waals surface area contributed by atoms with E-state index >= 15 is 0 Å². The lowest BCUT2D eigenvalue weighted by Crippen LogP contribution is -2.35. The van der Waals surface area contributed by atoms with Gasteiger partial charge >= 0.3 is 13.3 Å². The summed E-state index contributed by atoms with van der Waals surface area (Å²) in [6.45, 7) is 2.00. The molecule has 0 atom stereocenters. The lowest BCUT2D eigenvalue weighted by Gasteiger charge is -2.08. The summed E-state index contributed by atoms with van der Waals surface area (Å²) >= 11 is 0. The zero-order valence-corrected chi connectivity index (χ0v) is 10.0. The number of hydrogen-bond donors (Lipinski definition) is 3. The van der Waals surface area contributed by atoms with Crippen molar-refractivity contribution in [2.24, 2.45) is 0 Å². The highest BCUT2D eigenvalue weighted by molar-refractivity contribution is 7.51. The molecule has 17 heavy (non-hydrogen) atoms. The minimum absolute atomic E-state index is 0.210. The van der Waals surface area contributed by atoms with Crippen molar-refractivity contribution in [3.63, 3.8) is 0 Å². The molecule has 8 nitrogen and oxygen atoms in total. The van der Waals surface area contributed by atoms with E-state index < -0.39 is 25.2 Å². The van der Waals surface area contributed by atoms with Crippen molar-refractivity contribution in [3.8, 4) is 5.75 Å². The molecule has 0 unspecified atom stereocenters. The van der Waals surface area contributed by atoms with Gasteiger partial charge in [-0.3, -0.25) is 13.9 Å². The predicted molar refractivity (Wildman–Crippen MR) is 59.2 cm³/mol. The van der Waals surface area contributed by atoms with Gasteiger partial charge in [0.1, 0.15) is 0 Å². The summed E-state index contributed by atoms with van der Waals surface area (Å²) in [7, 11) is -4.36. The van der Waals surface area contributed by atoms with Gasteiger partial charge in [0.15, 0.2) is 6.35 Å². The van der Waals surface area contributed by atoms with E-state index in [0.29, 0.717) is 6.42 Å². The van der Waals surface area contributed by atoms with Crippen molar-refractivity contribution in [1.29, 1.82) is 0 Å². The average Bonchev–Trinajstić information content (AvgIpc) is 2.22. The molecule has 9 heteroatoms. The molecule has 0 spiro atoms. The molecule has 1 rings (SSSR count). The molecule has 0 fully saturated rings. The highest BCUT2D eigenvalue weighted by atomic mass is 31.2. The maximum absolute atomic E-state index is 11.7. The number of nitrogens with one attached hydrogen (secondary N) is 1. The predicted octanol–water partition coefficient (Wildman–Crippen LogP) is -0.539. The topological polar surface area (TPSA) is 122 Å². The quantitative estimate of drug-likeness (QED) is 0.614. The number of hydrogen-bond acceptors (Lipinski definition) is 4. The van der Waals surface area contributed by atoms with Gasteiger partial charge in [0.25, 0.3) is 5.56 Å². The second-order valence-corrected chi connectivity index (χ2v) is 4.94. The first-order chi connectivity index (χ1) is 7.85. The number of aromatic amines is 1. The van der Waals surface area contributed by atoms with Gasteiger partial charge in [-0.05, 0) is 6.42 Å². The Hall–Kier alpha value is -1.37. The third kappa shape index (κ3) is 3.85. The lowest BCUT2D eigenvalue weighted by atomic mass is 10.4. The summed E-state index contributed by atoms with van der Waals surface area (Å²) in [6, 6.07) is 0.